The number of anilines is 1. The molecule has 0 aliphatic carbocycles. The lowest BCUT2D eigenvalue weighted by atomic mass is 9.92. The van der Waals surface area contributed by atoms with Crippen LogP contribution in [0.15, 0.2) is 30.3 Å². The second kappa shape index (κ2) is 6.94. The van der Waals surface area contributed by atoms with E-state index in [-0.39, 0.29) is 0 Å². The summed E-state index contributed by atoms with van der Waals surface area (Å²) in [5.41, 5.74) is 2.54. The lowest BCUT2D eigenvalue weighted by Crippen LogP contribution is -2.38. The zero-order valence-electron chi connectivity index (χ0n) is 13.3. The molecule has 1 fully saturated rings. The van der Waals surface area contributed by atoms with E-state index in [0.717, 1.165) is 18.4 Å². The molecular formula is C18H28N2. The number of piperidine rings is 1. The minimum absolute atomic E-state index is 0.839. The van der Waals surface area contributed by atoms with Crippen LogP contribution in [0.1, 0.15) is 25.8 Å². The van der Waals surface area contributed by atoms with Gasteiger partial charge in [-0.3, -0.25) is 4.90 Å². The van der Waals surface area contributed by atoms with E-state index in [0.29, 0.717) is 0 Å². The standard InChI is InChI=1S/C18H28N2/c1-15-12-16(2)14-20(13-15)11-5-6-17-7-9-18(10-8-17)19(3)4/h5-10,15-16H,11-14H2,1-4H3/b6-5+/t15-,16+. The Balaban J connectivity index is 1.86. The quantitative estimate of drug-likeness (QED) is 0.824. The van der Waals surface area contributed by atoms with Crippen LogP contribution in [0, 0.1) is 11.8 Å². The first kappa shape index (κ1) is 15.1. The summed E-state index contributed by atoms with van der Waals surface area (Å²) in [7, 11) is 4.15. The minimum atomic E-state index is 0.839. The number of rotatable bonds is 4. The summed E-state index contributed by atoms with van der Waals surface area (Å²) in [5.74, 6) is 1.68. The molecule has 0 aromatic heterocycles. The highest BCUT2D eigenvalue weighted by atomic mass is 15.1. The SMILES string of the molecule is C[C@@H]1C[C@H](C)CN(C/C=C/c2ccc(N(C)C)cc2)C1. The highest BCUT2D eigenvalue weighted by Gasteiger charge is 2.20. The van der Waals surface area contributed by atoms with Crippen LogP contribution in [0.4, 0.5) is 5.69 Å². The maximum absolute atomic E-state index is 2.57. The van der Waals surface area contributed by atoms with E-state index in [4.69, 9.17) is 0 Å². The fourth-order valence-electron chi connectivity index (χ4n) is 3.16. The van der Waals surface area contributed by atoms with E-state index in [1.807, 2.05) is 0 Å². The maximum Gasteiger partial charge on any atom is 0.0361 e. The molecule has 2 atom stereocenters. The van der Waals surface area contributed by atoms with Gasteiger partial charge in [-0.15, -0.1) is 0 Å². The molecule has 1 heterocycles. The topological polar surface area (TPSA) is 6.48 Å². The molecule has 0 saturated carbocycles. The molecule has 2 rings (SSSR count). The Kier molecular flexibility index (Phi) is 5.24. The van der Waals surface area contributed by atoms with Gasteiger partial charge >= 0.3 is 0 Å². The second-order valence-corrected chi connectivity index (χ2v) is 6.55. The van der Waals surface area contributed by atoms with Crippen molar-refractivity contribution in [1.29, 1.82) is 0 Å². The first-order chi connectivity index (χ1) is 9.54. The van der Waals surface area contributed by atoms with E-state index in [2.05, 4.69) is 74.2 Å². The second-order valence-electron chi connectivity index (χ2n) is 6.55. The van der Waals surface area contributed by atoms with Crippen LogP contribution in [0.25, 0.3) is 6.08 Å². The van der Waals surface area contributed by atoms with Gasteiger partial charge in [0.25, 0.3) is 0 Å². The normalized spacial score (nSPS) is 24.2. The molecule has 1 aliphatic rings. The highest BCUT2D eigenvalue weighted by Crippen LogP contribution is 2.20. The Labute approximate surface area is 124 Å². The molecule has 2 heteroatoms. The van der Waals surface area contributed by atoms with Gasteiger partial charge in [-0.1, -0.05) is 38.1 Å². The third-order valence-electron chi connectivity index (χ3n) is 4.03. The molecule has 110 valence electrons. The summed E-state index contributed by atoms with van der Waals surface area (Å²) in [6, 6.07) is 8.72. The number of benzene rings is 1. The van der Waals surface area contributed by atoms with Crippen LogP contribution < -0.4 is 4.90 Å². The summed E-state index contributed by atoms with van der Waals surface area (Å²) in [4.78, 5) is 4.70. The Morgan fingerprint density at radius 3 is 2.25 bits per heavy atom. The fourth-order valence-corrected chi connectivity index (χ4v) is 3.16. The van der Waals surface area contributed by atoms with Gasteiger partial charge in [0.15, 0.2) is 0 Å². The average molecular weight is 272 g/mol. The first-order valence-electron chi connectivity index (χ1n) is 7.71. The van der Waals surface area contributed by atoms with E-state index >= 15 is 0 Å². The molecule has 1 aromatic carbocycles. The zero-order chi connectivity index (χ0) is 14.5. The monoisotopic (exact) mass is 272 g/mol. The molecule has 1 aliphatic heterocycles. The van der Waals surface area contributed by atoms with Crippen LogP contribution in [-0.2, 0) is 0 Å². The third-order valence-corrected chi connectivity index (χ3v) is 4.03. The Hall–Kier alpha value is -1.28. The van der Waals surface area contributed by atoms with Crippen molar-refractivity contribution in [3.63, 3.8) is 0 Å². The predicted molar refractivity (Wildman–Crippen MR) is 89.2 cm³/mol. The van der Waals surface area contributed by atoms with Crippen molar-refractivity contribution in [3.05, 3.63) is 35.9 Å². The molecule has 0 spiro atoms. The van der Waals surface area contributed by atoms with Gasteiger partial charge in [0.1, 0.15) is 0 Å². The van der Waals surface area contributed by atoms with E-state index in [1.54, 1.807) is 0 Å². The molecule has 0 bridgehead atoms. The smallest absolute Gasteiger partial charge is 0.0361 e. The number of nitrogens with zero attached hydrogens (tertiary/aromatic N) is 2. The zero-order valence-corrected chi connectivity index (χ0v) is 13.3. The molecule has 2 nitrogen and oxygen atoms in total. The number of hydrogen-bond acceptors (Lipinski definition) is 2. The van der Waals surface area contributed by atoms with Crippen molar-refractivity contribution < 1.29 is 0 Å². The first-order valence-corrected chi connectivity index (χ1v) is 7.71. The van der Waals surface area contributed by atoms with Gasteiger partial charge in [0.05, 0.1) is 0 Å². The molecular weight excluding hydrogens is 244 g/mol. The van der Waals surface area contributed by atoms with Gasteiger partial charge in [-0.25, -0.2) is 0 Å². The van der Waals surface area contributed by atoms with Gasteiger partial charge < -0.3 is 4.90 Å². The van der Waals surface area contributed by atoms with Crippen molar-refractivity contribution in [2.45, 2.75) is 20.3 Å². The van der Waals surface area contributed by atoms with Crippen LogP contribution >= 0.6 is 0 Å². The maximum atomic E-state index is 2.57. The van der Waals surface area contributed by atoms with E-state index in [9.17, 15) is 0 Å². The minimum Gasteiger partial charge on any atom is -0.378 e. The lowest BCUT2D eigenvalue weighted by Gasteiger charge is -2.34. The molecule has 0 radical (unpaired) electrons. The van der Waals surface area contributed by atoms with Gasteiger partial charge in [0.2, 0.25) is 0 Å². The summed E-state index contributed by atoms with van der Waals surface area (Å²) in [6.45, 7) is 8.30. The van der Waals surface area contributed by atoms with Gasteiger partial charge in [-0.2, -0.15) is 0 Å². The van der Waals surface area contributed by atoms with E-state index in [1.165, 1.54) is 30.8 Å². The Morgan fingerprint density at radius 2 is 1.70 bits per heavy atom. The van der Waals surface area contributed by atoms with Crippen molar-refractivity contribution in [2.75, 3.05) is 38.6 Å². The van der Waals surface area contributed by atoms with Crippen LogP contribution in [0.2, 0.25) is 0 Å². The van der Waals surface area contributed by atoms with E-state index < -0.39 is 0 Å². The van der Waals surface area contributed by atoms with Gasteiger partial charge in [0, 0.05) is 39.4 Å². The molecule has 1 saturated heterocycles. The number of hydrogen-bond donors (Lipinski definition) is 0. The molecule has 0 unspecified atom stereocenters. The van der Waals surface area contributed by atoms with Crippen molar-refractivity contribution in [2.24, 2.45) is 11.8 Å². The summed E-state index contributed by atoms with van der Waals surface area (Å²) < 4.78 is 0. The molecule has 0 amide bonds. The lowest BCUT2D eigenvalue weighted by molar-refractivity contribution is 0.155. The largest absolute Gasteiger partial charge is 0.378 e. The average Bonchev–Trinajstić information content (AvgIpc) is 2.38. The summed E-state index contributed by atoms with van der Waals surface area (Å²) in [6.07, 6.45) is 5.92. The van der Waals surface area contributed by atoms with Crippen LogP contribution in [-0.4, -0.2) is 38.6 Å². The van der Waals surface area contributed by atoms with Crippen LogP contribution in [0.5, 0.6) is 0 Å². The summed E-state index contributed by atoms with van der Waals surface area (Å²) >= 11 is 0. The summed E-state index contributed by atoms with van der Waals surface area (Å²) in [5, 5.41) is 0. The number of likely N-dealkylation sites (tertiary alicyclic amines) is 1. The third kappa shape index (κ3) is 4.38. The highest BCUT2D eigenvalue weighted by molar-refractivity contribution is 5.55. The predicted octanol–water partition coefficient (Wildman–Crippen LogP) is 3.74. The Bertz CT molecular complexity index is 423. The van der Waals surface area contributed by atoms with Crippen molar-refractivity contribution in [3.8, 4) is 0 Å². The fraction of sp³-hybridized carbons (Fsp3) is 0.556. The van der Waals surface area contributed by atoms with Gasteiger partial charge in [-0.05, 0) is 36.0 Å². The van der Waals surface area contributed by atoms with Crippen LogP contribution in [0.3, 0.4) is 0 Å². The molecule has 1 aromatic rings. The Morgan fingerprint density at radius 1 is 1.10 bits per heavy atom. The molecule has 0 N–H and O–H groups in total. The van der Waals surface area contributed by atoms with Crippen molar-refractivity contribution >= 4 is 11.8 Å². The molecule has 20 heavy (non-hydrogen) atoms. The van der Waals surface area contributed by atoms with Crippen molar-refractivity contribution in [1.82, 2.24) is 4.90 Å².